The minimum Gasteiger partial charge on any atom is -0.395 e. The number of rotatable bonds is 8. The quantitative estimate of drug-likeness (QED) is 0.735. The maximum atomic E-state index is 9.13. The maximum absolute atomic E-state index is 9.13. The van der Waals surface area contributed by atoms with E-state index in [0.29, 0.717) is 31.1 Å². The van der Waals surface area contributed by atoms with Crippen molar-refractivity contribution in [3.8, 4) is 0 Å². The predicted molar refractivity (Wildman–Crippen MR) is 98.2 cm³/mol. The number of hydrogen-bond donors (Lipinski definition) is 2. The summed E-state index contributed by atoms with van der Waals surface area (Å²) in [5.41, 5.74) is 1.01. The summed E-state index contributed by atoms with van der Waals surface area (Å²) in [6.45, 7) is 2.70. The Hall–Kier alpha value is -2.19. The van der Waals surface area contributed by atoms with Crippen LogP contribution in [-0.2, 0) is 18.3 Å². The van der Waals surface area contributed by atoms with Gasteiger partial charge in [0.05, 0.1) is 25.5 Å². The van der Waals surface area contributed by atoms with Gasteiger partial charge >= 0.3 is 0 Å². The van der Waals surface area contributed by atoms with E-state index in [1.54, 1.807) is 0 Å². The van der Waals surface area contributed by atoms with E-state index in [9.17, 15) is 0 Å². The topological polar surface area (TPSA) is 88.3 Å². The summed E-state index contributed by atoms with van der Waals surface area (Å²) in [5, 5.41) is 12.2. The van der Waals surface area contributed by atoms with E-state index in [2.05, 4.69) is 26.3 Å². The molecular formula is C18H26N6O2. The standard InChI is InChI=1S/C18H26N6O2/c1-23-7-5-19-17(23)11-24(14-2-3-14)16-10-15(13-4-9-26-12-13)21-18(22-16)20-6-8-25/h5,7,10,13-14,25H,2-4,6,8-9,11-12H2,1H3,(H,20,21,22)/t13-/m1/s1. The molecule has 26 heavy (non-hydrogen) atoms. The number of nitrogens with one attached hydrogen (secondary N) is 1. The van der Waals surface area contributed by atoms with Crippen LogP contribution in [0.25, 0.3) is 0 Å². The molecule has 0 radical (unpaired) electrons. The average molecular weight is 358 g/mol. The largest absolute Gasteiger partial charge is 0.395 e. The summed E-state index contributed by atoms with van der Waals surface area (Å²) in [6.07, 6.45) is 7.13. The highest BCUT2D eigenvalue weighted by Gasteiger charge is 2.32. The second kappa shape index (κ2) is 7.59. The van der Waals surface area contributed by atoms with Gasteiger partial charge in [-0.15, -0.1) is 0 Å². The summed E-state index contributed by atoms with van der Waals surface area (Å²) in [6, 6.07) is 2.60. The van der Waals surface area contributed by atoms with Gasteiger partial charge in [-0.3, -0.25) is 0 Å². The maximum Gasteiger partial charge on any atom is 0.224 e. The van der Waals surface area contributed by atoms with Gasteiger partial charge in [0.2, 0.25) is 5.95 Å². The highest BCUT2D eigenvalue weighted by molar-refractivity contribution is 5.48. The molecule has 1 aliphatic carbocycles. The zero-order valence-electron chi connectivity index (χ0n) is 15.1. The molecule has 8 heteroatoms. The van der Waals surface area contributed by atoms with Crippen molar-refractivity contribution in [3.05, 3.63) is 30.0 Å². The molecule has 0 bridgehead atoms. The lowest BCUT2D eigenvalue weighted by Gasteiger charge is -2.25. The molecule has 1 atom stereocenters. The molecule has 4 rings (SSSR count). The Morgan fingerprint density at radius 3 is 2.88 bits per heavy atom. The van der Waals surface area contributed by atoms with Crippen LogP contribution in [0.1, 0.15) is 36.7 Å². The van der Waals surface area contributed by atoms with Gasteiger partial charge in [0, 0.05) is 50.6 Å². The van der Waals surface area contributed by atoms with Gasteiger partial charge in [0.15, 0.2) is 0 Å². The number of ether oxygens (including phenoxy) is 1. The van der Waals surface area contributed by atoms with Crippen molar-refractivity contribution in [1.82, 2.24) is 19.5 Å². The van der Waals surface area contributed by atoms with E-state index in [4.69, 9.17) is 14.8 Å². The molecule has 0 amide bonds. The van der Waals surface area contributed by atoms with Crippen LogP contribution in [0.2, 0.25) is 0 Å². The number of nitrogens with zero attached hydrogens (tertiary/aromatic N) is 5. The molecule has 2 aromatic rings. The average Bonchev–Trinajstić information content (AvgIpc) is 3.17. The summed E-state index contributed by atoms with van der Waals surface area (Å²) in [7, 11) is 2.02. The fraction of sp³-hybridized carbons (Fsp3) is 0.611. The van der Waals surface area contributed by atoms with Crippen LogP contribution in [0.4, 0.5) is 11.8 Å². The Morgan fingerprint density at radius 1 is 1.35 bits per heavy atom. The molecule has 2 fully saturated rings. The minimum atomic E-state index is 0.0507. The SMILES string of the molecule is Cn1ccnc1CN(c1cc([C@@H]2CCOC2)nc(NCCO)n1)C1CC1. The Balaban J connectivity index is 1.65. The molecule has 1 saturated heterocycles. The first-order valence-corrected chi connectivity index (χ1v) is 9.29. The van der Waals surface area contributed by atoms with Crippen LogP contribution >= 0.6 is 0 Å². The Bertz CT molecular complexity index is 739. The van der Waals surface area contributed by atoms with Crippen LogP contribution < -0.4 is 10.2 Å². The second-order valence-electron chi connectivity index (χ2n) is 7.00. The van der Waals surface area contributed by atoms with Crippen molar-refractivity contribution in [2.24, 2.45) is 7.05 Å². The lowest BCUT2D eigenvalue weighted by Crippen LogP contribution is -2.28. The van der Waals surface area contributed by atoms with Gasteiger partial charge in [0.1, 0.15) is 11.6 Å². The van der Waals surface area contributed by atoms with Crippen molar-refractivity contribution in [2.75, 3.05) is 36.6 Å². The van der Waals surface area contributed by atoms with Gasteiger partial charge < -0.3 is 24.6 Å². The molecule has 2 N–H and O–H groups in total. The molecule has 2 aliphatic rings. The van der Waals surface area contributed by atoms with Crippen LogP contribution in [0.3, 0.4) is 0 Å². The minimum absolute atomic E-state index is 0.0507. The number of hydrogen-bond acceptors (Lipinski definition) is 7. The Labute approximate surface area is 153 Å². The lowest BCUT2D eigenvalue weighted by atomic mass is 10.0. The fourth-order valence-corrected chi connectivity index (χ4v) is 3.31. The van der Waals surface area contributed by atoms with Crippen LogP contribution in [0.15, 0.2) is 18.5 Å². The predicted octanol–water partition coefficient (Wildman–Crippen LogP) is 1.29. The molecule has 1 saturated carbocycles. The first-order chi connectivity index (χ1) is 12.7. The fourth-order valence-electron chi connectivity index (χ4n) is 3.31. The second-order valence-corrected chi connectivity index (χ2v) is 7.00. The van der Waals surface area contributed by atoms with Gasteiger partial charge in [-0.1, -0.05) is 0 Å². The van der Waals surface area contributed by atoms with Crippen molar-refractivity contribution in [3.63, 3.8) is 0 Å². The van der Waals surface area contributed by atoms with Crippen molar-refractivity contribution in [1.29, 1.82) is 0 Å². The molecule has 1 aliphatic heterocycles. The van der Waals surface area contributed by atoms with E-state index in [1.807, 2.05) is 24.0 Å². The monoisotopic (exact) mass is 358 g/mol. The highest BCUT2D eigenvalue weighted by atomic mass is 16.5. The van der Waals surface area contributed by atoms with Gasteiger partial charge in [-0.05, 0) is 19.3 Å². The van der Waals surface area contributed by atoms with Crippen molar-refractivity contribution >= 4 is 11.8 Å². The first kappa shape index (κ1) is 17.2. The van der Waals surface area contributed by atoms with E-state index < -0.39 is 0 Å². The normalized spacial score (nSPS) is 19.7. The zero-order valence-corrected chi connectivity index (χ0v) is 15.1. The molecule has 0 spiro atoms. The number of aliphatic hydroxyl groups excluding tert-OH is 1. The first-order valence-electron chi connectivity index (χ1n) is 9.29. The molecule has 3 heterocycles. The van der Waals surface area contributed by atoms with E-state index in [1.165, 1.54) is 12.8 Å². The molecule has 2 aromatic heterocycles. The van der Waals surface area contributed by atoms with Crippen LogP contribution in [0, 0.1) is 0 Å². The molecule has 140 valence electrons. The van der Waals surface area contributed by atoms with Gasteiger partial charge in [-0.2, -0.15) is 4.98 Å². The zero-order chi connectivity index (χ0) is 17.9. The molecule has 0 unspecified atom stereocenters. The third-order valence-corrected chi connectivity index (χ3v) is 4.99. The number of imidazole rings is 1. The number of aromatic nitrogens is 4. The van der Waals surface area contributed by atoms with Crippen LogP contribution in [0.5, 0.6) is 0 Å². The molecule has 8 nitrogen and oxygen atoms in total. The van der Waals surface area contributed by atoms with Crippen molar-refractivity contribution in [2.45, 2.75) is 37.8 Å². The summed E-state index contributed by atoms with van der Waals surface area (Å²) in [4.78, 5) is 16.2. The van der Waals surface area contributed by atoms with Crippen molar-refractivity contribution < 1.29 is 9.84 Å². The third kappa shape index (κ3) is 3.81. The number of aryl methyl sites for hydroxylation is 1. The number of aliphatic hydroxyl groups is 1. The molecule has 0 aromatic carbocycles. The Kier molecular flexibility index (Phi) is 5.03. The summed E-state index contributed by atoms with van der Waals surface area (Å²) < 4.78 is 7.59. The lowest BCUT2D eigenvalue weighted by molar-refractivity contribution is 0.193. The molecular weight excluding hydrogens is 332 g/mol. The van der Waals surface area contributed by atoms with Crippen LogP contribution in [-0.4, -0.2) is 57.0 Å². The van der Waals surface area contributed by atoms with E-state index in [-0.39, 0.29) is 6.61 Å². The van der Waals surface area contributed by atoms with E-state index >= 15 is 0 Å². The van der Waals surface area contributed by atoms with E-state index in [0.717, 1.165) is 36.9 Å². The van der Waals surface area contributed by atoms with Gasteiger partial charge in [-0.25, -0.2) is 9.97 Å². The Morgan fingerprint density at radius 2 is 2.23 bits per heavy atom. The third-order valence-electron chi connectivity index (χ3n) is 4.99. The summed E-state index contributed by atoms with van der Waals surface area (Å²) >= 11 is 0. The smallest absolute Gasteiger partial charge is 0.224 e. The number of anilines is 2. The summed E-state index contributed by atoms with van der Waals surface area (Å²) in [5.74, 6) is 2.82. The highest BCUT2D eigenvalue weighted by Crippen LogP contribution is 2.34. The van der Waals surface area contributed by atoms with Gasteiger partial charge in [0.25, 0.3) is 0 Å².